The van der Waals surface area contributed by atoms with E-state index in [0.29, 0.717) is 0 Å². The fourth-order valence-corrected chi connectivity index (χ4v) is 2.46. The SMILES string of the molecule is CN(Sc1cccc2cccnc12)C(C)(C)C=O. The summed E-state index contributed by atoms with van der Waals surface area (Å²) in [4.78, 5) is 16.5. The molecule has 1 aromatic heterocycles. The van der Waals surface area contributed by atoms with E-state index in [1.165, 1.54) is 0 Å². The molecule has 0 aliphatic heterocycles. The predicted molar refractivity (Wildman–Crippen MR) is 75.5 cm³/mol. The third-order valence-corrected chi connectivity index (χ3v) is 4.20. The Hall–Kier alpha value is -1.39. The number of aromatic nitrogens is 1. The van der Waals surface area contributed by atoms with Crippen LogP contribution < -0.4 is 0 Å². The number of likely N-dealkylation sites (N-methyl/N-ethyl adjacent to an activating group) is 1. The molecule has 1 heterocycles. The van der Waals surface area contributed by atoms with Crippen LogP contribution in [-0.4, -0.2) is 28.2 Å². The first-order chi connectivity index (χ1) is 8.54. The van der Waals surface area contributed by atoms with Crippen molar-refractivity contribution in [3.63, 3.8) is 0 Å². The lowest BCUT2D eigenvalue weighted by Gasteiger charge is -2.29. The van der Waals surface area contributed by atoms with Gasteiger partial charge in [-0.3, -0.25) is 4.98 Å². The highest BCUT2D eigenvalue weighted by Crippen LogP contribution is 2.31. The normalized spacial score (nSPS) is 12.0. The highest BCUT2D eigenvalue weighted by Gasteiger charge is 2.24. The fourth-order valence-electron chi connectivity index (χ4n) is 1.49. The molecule has 18 heavy (non-hydrogen) atoms. The lowest BCUT2D eigenvalue weighted by atomic mass is 10.1. The number of carbonyl (C=O) groups excluding carboxylic acids is 1. The predicted octanol–water partition coefficient (Wildman–Crippen LogP) is 3.15. The molecule has 4 heteroatoms. The molecule has 2 aromatic rings. The highest BCUT2D eigenvalue weighted by molar-refractivity contribution is 7.97. The molecule has 0 radical (unpaired) electrons. The second-order valence-electron chi connectivity index (χ2n) is 4.69. The van der Waals surface area contributed by atoms with Crippen molar-refractivity contribution in [3.8, 4) is 0 Å². The maximum Gasteiger partial charge on any atom is 0.140 e. The molecule has 0 bridgehead atoms. The van der Waals surface area contributed by atoms with Crippen LogP contribution in [0.5, 0.6) is 0 Å². The van der Waals surface area contributed by atoms with Gasteiger partial charge in [-0.2, -0.15) is 0 Å². The topological polar surface area (TPSA) is 33.2 Å². The van der Waals surface area contributed by atoms with Crippen molar-refractivity contribution in [1.29, 1.82) is 0 Å². The summed E-state index contributed by atoms with van der Waals surface area (Å²) in [5.74, 6) is 0. The summed E-state index contributed by atoms with van der Waals surface area (Å²) >= 11 is 1.54. The monoisotopic (exact) mass is 260 g/mol. The van der Waals surface area contributed by atoms with Gasteiger partial charge < -0.3 is 4.79 Å². The second kappa shape index (κ2) is 5.08. The maximum atomic E-state index is 11.1. The number of para-hydroxylation sites is 1. The number of aldehydes is 1. The summed E-state index contributed by atoms with van der Waals surface area (Å²) in [6.45, 7) is 3.79. The van der Waals surface area contributed by atoms with Crippen molar-refractivity contribution >= 4 is 29.1 Å². The van der Waals surface area contributed by atoms with Crippen LogP contribution in [0.25, 0.3) is 10.9 Å². The number of nitrogens with zero attached hydrogens (tertiary/aromatic N) is 2. The van der Waals surface area contributed by atoms with Gasteiger partial charge in [-0.25, -0.2) is 4.31 Å². The Bertz CT molecular complexity index is 563. The van der Waals surface area contributed by atoms with Crippen molar-refractivity contribution in [2.75, 3.05) is 7.05 Å². The Morgan fingerprint density at radius 2 is 2.00 bits per heavy atom. The van der Waals surface area contributed by atoms with E-state index in [4.69, 9.17) is 0 Å². The number of benzene rings is 1. The lowest BCUT2D eigenvalue weighted by molar-refractivity contribution is -0.113. The molecule has 0 spiro atoms. The molecule has 1 aromatic carbocycles. The zero-order chi connectivity index (χ0) is 13.2. The zero-order valence-corrected chi connectivity index (χ0v) is 11.6. The van der Waals surface area contributed by atoms with E-state index < -0.39 is 5.54 Å². The smallest absolute Gasteiger partial charge is 0.140 e. The molecule has 0 fully saturated rings. The average molecular weight is 260 g/mol. The third-order valence-electron chi connectivity index (χ3n) is 2.93. The van der Waals surface area contributed by atoms with E-state index in [1.807, 2.05) is 55.5 Å². The van der Waals surface area contributed by atoms with Crippen LogP contribution in [0.4, 0.5) is 0 Å². The Kier molecular flexibility index (Phi) is 3.68. The fraction of sp³-hybridized carbons (Fsp3) is 0.286. The number of rotatable bonds is 4. The minimum absolute atomic E-state index is 0.498. The van der Waals surface area contributed by atoms with Crippen molar-refractivity contribution in [2.45, 2.75) is 24.3 Å². The van der Waals surface area contributed by atoms with E-state index in [1.54, 1.807) is 18.1 Å². The van der Waals surface area contributed by atoms with E-state index >= 15 is 0 Å². The summed E-state index contributed by atoms with van der Waals surface area (Å²) in [5, 5.41) is 1.11. The third kappa shape index (κ3) is 2.54. The van der Waals surface area contributed by atoms with Gasteiger partial charge in [0.2, 0.25) is 0 Å². The van der Waals surface area contributed by atoms with Gasteiger partial charge in [0.15, 0.2) is 0 Å². The lowest BCUT2D eigenvalue weighted by Crippen LogP contribution is -2.37. The molecular formula is C14H16N2OS. The molecule has 0 atom stereocenters. The molecule has 0 aliphatic carbocycles. The van der Waals surface area contributed by atoms with Gasteiger partial charge in [0, 0.05) is 16.5 Å². The van der Waals surface area contributed by atoms with Gasteiger partial charge in [-0.05, 0) is 45.0 Å². The number of fused-ring (bicyclic) bond motifs is 1. The first kappa shape index (κ1) is 13.1. The van der Waals surface area contributed by atoms with Crippen LogP contribution in [-0.2, 0) is 4.79 Å². The van der Waals surface area contributed by atoms with Crippen molar-refractivity contribution in [2.24, 2.45) is 0 Å². The molecule has 0 N–H and O–H groups in total. The van der Waals surface area contributed by atoms with Gasteiger partial charge in [-0.15, -0.1) is 0 Å². The summed E-state index contributed by atoms with van der Waals surface area (Å²) in [6.07, 6.45) is 2.75. The second-order valence-corrected chi connectivity index (χ2v) is 5.86. The van der Waals surface area contributed by atoms with Crippen LogP contribution in [0.3, 0.4) is 0 Å². The van der Waals surface area contributed by atoms with Gasteiger partial charge in [-0.1, -0.05) is 18.2 Å². The van der Waals surface area contributed by atoms with Crippen LogP contribution in [0.2, 0.25) is 0 Å². The van der Waals surface area contributed by atoms with Gasteiger partial charge in [0.05, 0.1) is 11.1 Å². The Morgan fingerprint density at radius 3 is 2.72 bits per heavy atom. The summed E-state index contributed by atoms with van der Waals surface area (Å²) in [7, 11) is 1.92. The molecule has 0 unspecified atom stereocenters. The van der Waals surface area contributed by atoms with Crippen molar-refractivity contribution < 1.29 is 4.79 Å². The Labute approximate surface area is 111 Å². The molecular weight excluding hydrogens is 244 g/mol. The maximum absolute atomic E-state index is 11.1. The van der Waals surface area contributed by atoms with Crippen LogP contribution >= 0.6 is 11.9 Å². The minimum atomic E-state index is -0.498. The van der Waals surface area contributed by atoms with E-state index in [2.05, 4.69) is 4.98 Å². The zero-order valence-electron chi connectivity index (χ0n) is 10.8. The first-order valence-corrected chi connectivity index (χ1v) is 6.54. The molecule has 94 valence electrons. The summed E-state index contributed by atoms with van der Waals surface area (Å²) in [6, 6.07) is 10.0. The van der Waals surface area contributed by atoms with Gasteiger partial charge in [0.1, 0.15) is 6.29 Å². The van der Waals surface area contributed by atoms with E-state index in [9.17, 15) is 4.79 Å². The van der Waals surface area contributed by atoms with Crippen LogP contribution in [0.1, 0.15) is 13.8 Å². The van der Waals surface area contributed by atoms with Gasteiger partial charge in [0.25, 0.3) is 0 Å². The Balaban J connectivity index is 2.35. The number of pyridine rings is 1. The number of carbonyl (C=O) groups is 1. The first-order valence-electron chi connectivity index (χ1n) is 5.76. The van der Waals surface area contributed by atoms with Crippen LogP contribution in [0, 0.1) is 0 Å². The average Bonchev–Trinajstić information content (AvgIpc) is 2.39. The highest BCUT2D eigenvalue weighted by atomic mass is 32.2. The van der Waals surface area contributed by atoms with Gasteiger partial charge >= 0.3 is 0 Å². The standard InChI is InChI=1S/C14H16N2OS/c1-14(2,10-17)16(3)18-12-8-4-6-11-7-5-9-15-13(11)12/h4-10H,1-3H3. The largest absolute Gasteiger partial charge is 0.301 e. The molecule has 0 saturated carbocycles. The van der Waals surface area contributed by atoms with Crippen molar-refractivity contribution in [3.05, 3.63) is 36.5 Å². The molecule has 0 saturated heterocycles. The quantitative estimate of drug-likeness (QED) is 0.624. The van der Waals surface area contributed by atoms with E-state index in [0.717, 1.165) is 22.1 Å². The summed E-state index contributed by atoms with van der Waals surface area (Å²) < 4.78 is 1.95. The molecule has 0 amide bonds. The number of hydrogen-bond acceptors (Lipinski definition) is 4. The van der Waals surface area contributed by atoms with E-state index in [-0.39, 0.29) is 0 Å². The minimum Gasteiger partial charge on any atom is -0.301 e. The molecule has 3 nitrogen and oxygen atoms in total. The Morgan fingerprint density at radius 1 is 1.28 bits per heavy atom. The van der Waals surface area contributed by atoms with Crippen LogP contribution in [0.15, 0.2) is 41.4 Å². The molecule has 0 aliphatic rings. The molecule has 2 rings (SSSR count). The summed E-state index contributed by atoms with van der Waals surface area (Å²) in [5.41, 5.74) is 0.472. The van der Waals surface area contributed by atoms with Crippen molar-refractivity contribution in [1.82, 2.24) is 9.29 Å². The number of hydrogen-bond donors (Lipinski definition) is 0.